The van der Waals surface area contributed by atoms with E-state index in [4.69, 9.17) is 10.8 Å². The van der Waals surface area contributed by atoms with Crippen LogP contribution in [-0.2, 0) is 4.79 Å². The Hall–Kier alpha value is -0.610. The van der Waals surface area contributed by atoms with E-state index in [-0.39, 0.29) is 11.9 Å². The molecule has 1 amide bonds. The van der Waals surface area contributed by atoms with Crippen LogP contribution in [0.15, 0.2) is 0 Å². The second-order valence-electron chi connectivity index (χ2n) is 4.24. The molecule has 0 aliphatic carbocycles. The summed E-state index contributed by atoms with van der Waals surface area (Å²) in [7, 11) is 1.68. The molecular weight excluding hydrogens is 180 g/mol. The zero-order chi connectivity index (χ0) is 11.3. The van der Waals surface area contributed by atoms with Crippen molar-refractivity contribution in [3.8, 4) is 0 Å². The third-order valence-electron chi connectivity index (χ3n) is 2.23. The van der Waals surface area contributed by atoms with Gasteiger partial charge in [0.15, 0.2) is 0 Å². The molecule has 0 aromatic carbocycles. The number of aliphatic hydroxyl groups excluding tert-OH is 1. The molecule has 2 unspecified atom stereocenters. The largest absolute Gasteiger partial charge is 0.392 e. The number of hydrogen-bond acceptors (Lipinski definition) is 3. The second-order valence-corrected chi connectivity index (χ2v) is 4.24. The van der Waals surface area contributed by atoms with Crippen LogP contribution >= 0.6 is 0 Å². The van der Waals surface area contributed by atoms with Crippen LogP contribution in [0.2, 0.25) is 0 Å². The van der Waals surface area contributed by atoms with Gasteiger partial charge in [-0.25, -0.2) is 0 Å². The topological polar surface area (TPSA) is 66.6 Å². The number of carbonyl (C=O) groups excluding carboxylic acids is 1. The van der Waals surface area contributed by atoms with E-state index in [2.05, 4.69) is 0 Å². The molecular formula is C10H22N2O2. The van der Waals surface area contributed by atoms with Crippen molar-refractivity contribution in [2.75, 3.05) is 13.6 Å². The Morgan fingerprint density at radius 1 is 1.43 bits per heavy atom. The molecule has 4 nitrogen and oxygen atoms in total. The highest BCUT2D eigenvalue weighted by molar-refractivity contribution is 5.76. The molecule has 2 atom stereocenters. The van der Waals surface area contributed by atoms with Gasteiger partial charge < -0.3 is 15.7 Å². The summed E-state index contributed by atoms with van der Waals surface area (Å²) in [5.74, 6) is 0.297. The minimum absolute atomic E-state index is 0.00731. The Balaban J connectivity index is 3.95. The predicted octanol–water partition coefficient (Wildman–Crippen LogP) is 0.199. The number of likely N-dealkylation sites (N-methyl/N-ethyl adjacent to an activating group) is 1. The molecule has 0 saturated heterocycles. The third kappa shape index (κ3) is 5.19. The van der Waals surface area contributed by atoms with E-state index in [1.54, 1.807) is 14.0 Å². The molecule has 0 aliphatic rings. The highest BCUT2D eigenvalue weighted by Gasteiger charge is 2.16. The molecule has 4 heteroatoms. The van der Waals surface area contributed by atoms with Gasteiger partial charge in [-0.3, -0.25) is 4.79 Å². The number of rotatable bonds is 5. The lowest BCUT2D eigenvalue weighted by molar-refractivity contribution is -0.131. The fraction of sp³-hybridized carbons (Fsp3) is 0.900. The van der Waals surface area contributed by atoms with Gasteiger partial charge in [-0.05, 0) is 12.8 Å². The molecule has 0 radical (unpaired) electrons. The standard InChI is InChI=1S/C10H22N2O2/c1-7(2)9(11)5-10(14)12(4)6-8(3)13/h7-9,13H,5-6,11H2,1-4H3. The monoisotopic (exact) mass is 202 g/mol. The first-order valence-corrected chi connectivity index (χ1v) is 5.02. The maximum atomic E-state index is 11.5. The summed E-state index contributed by atoms with van der Waals surface area (Å²) in [6.45, 7) is 6.01. The summed E-state index contributed by atoms with van der Waals surface area (Å²) in [5, 5.41) is 9.09. The maximum absolute atomic E-state index is 11.5. The van der Waals surface area contributed by atoms with E-state index in [1.165, 1.54) is 4.90 Å². The Morgan fingerprint density at radius 3 is 2.29 bits per heavy atom. The second kappa shape index (κ2) is 5.98. The molecule has 0 aromatic rings. The number of amides is 1. The zero-order valence-corrected chi connectivity index (χ0v) is 9.53. The Kier molecular flexibility index (Phi) is 5.72. The normalized spacial score (nSPS) is 15.4. The van der Waals surface area contributed by atoms with E-state index < -0.39 is 6.10 Å². The molecule has 84 valence electrons. The van der Waals surface area contributed by atoms with Crippen molar-refractivity contribution in [1.82, 2.24) is 4.90 Å². The average molecular weight is 202 g/mol. The molecule has 0 aromatic heterocycles. The van der Waals surface area contributed by atoms with E-state index in [0.29, 0.717) is 18.9 Å². The Bertz CT molecular complexity index is 181. The number of aliphatic hydroxyl groups is 1. The first-order chi connectivity index (χ1) is 6.34. The van der Waals surface area contributed by atoms with Crippen LogP contribution in [0.5, 0.6) is 0 Å². The van der Waals surface area contributed by atoms with Crippen LogP contribution < -0.4 is 5.73 Å². The molecule has 0 aliphatic heterocycles. The van der Waals surface area contributed by atoms with Crippen LogP contribution in [0, 0.1) is 5.92 Å². The maximum Gasteiger partial charge on any atom is 0.223 e. The van der Waals surface area contributed by atoms with Gasteiger partial charge in [0.25, 0.3) is 0 Å². The summed E-state index contributed by atoms with van der Waals surface area (Å²) in [5.41, 5.74) is 5.78. The lowest BCUT2D eigenvalue weighted by Crippen LogP contribution is -2.38. The smallest absolute Gasteiger partial charge is 0.223 e. The van der Waals surface area contributed by atoms with Crippen LogP contribution in [0.25, 0.3) is 0 Å². The number of hydrogen-bond donors (Lipinski definition) is 2. The highest BCUT2D eigenvalue weighted by Crippen LogP contribution is 2.05. The van der Waals surface area contributed by atoms with Gasteiger partial charge >= 0.3 is 0 Å². The summed E-state index contributed by atoms with van der Waals surface area (Å²) in [6.07, 6.45) is -0.139. The van der Waals surface area contributed by atoms with Gasteiger partial charge in [0.05, 0.1) is 6.10 Å². The van der Waals surface area contributed by atoms with Gasteiger partial charge in [0.2, 0.25) is 5.91 Å². The fourth-order valence-corrected chi connectivity index (χ4v) is 1.09. The molecule has 0 fully saturated rings. The lowest BCUT2D eigenvalue weighted by Gasteiger charge is -2.22. The van der Waals surface area contributed by atoms with Gasteiger partial charge in [-0.15, -0.1) is 0 Å². The van der Waals surface area contributed by atoms with Gasteiger partial charge in [0.1, 0.15) is 0 Å². The minimum Gasteiger partial charge on any atom is -0.392 e. The molecule has 0 bridgehead atoms. The van der Waals surface area contributed by atoms with Crippen LogP contribution in [0.3, 0.4) is 0 Å². The first kappa shape index (κ1) is 13.4. The summed E-state index contributed by atoms with van der Waals surface area (Å²) < 4.78 is 0. The third-order valence-corrected chi connectivity index (χ3v) is 2.23. The highest BCUT2D eigenvalue weighted by atomic mass is 16.3. The number of nitrogens with zero attached hydrogens (tertiary/aromatic N) is 1. The Labute approximate surface area is 86.1 Å². The number of nitrogens with two attached hydrogens (primary N) is 1. The molecule has 0 spiro atoms. The van der Waals surface area contributed by atoms with E-state index >= 15 is 0 Å². The van der Waals surface area contributed by atoms with Crippen LogP contribution in [-0.4, -0.2) is 41.7 Å². The van der Waals surface area contributed by atoms with E-state index in [0.717, 1.165) is 0 Å². The number of carbonyl (C=O) groups is 1. The van der Waals surface area contributed by atoms with Crippen molar-refractivity contribution >= 4 is 5.91 Å². The molecule has 14 heavy (non-hydrogen) atoms. The van der Waals surface area contributed by atoms with E-state index in [9.17, 15) is 4.79 Å². The first-order valence-electron chi connectivity index (χ1n) is 5.02. The fourth-order valence-electron chi connectivity index (χ4n) is 1.09. The van der Waals surface area contributed by atoms with Crippen molar-refractivity contribution in [1.29, 1.82) is 0 Å². The molecule has 0 saturated carbocycles. The summed E-state index contributed by atoms with van der Waals surface area (Å²) in [6, 6.07) is -0.0982. The quantitative estimate of drug-likeness (QED) is 0.669. The molecule has 0 rings (SSSR count). The van der Waals surface area contributed by atoms with Gasteiger partial charge in [0, 0.05) is 26.1 Å². The average Bonchev–Trinajstić information content (AvgIpc) is 2.02. The lowest BCUT2D eigenvalue weighted by atomic mass is 10.0. The summed E-state index contributed by atoms with van der Waals surface area (Å²) in [4.78, 5) is 13.0. The SMILES string of the molecule is CC(O)CN(C)C(=O)CC(N)C(C)C. The Morgan fingerprint density at radius 2 is 1.93 bits per heavy atom. The van der Waals surface area contributed by atoms with Crippen molar-refractivity contribution in [3.05, 3.63) is 0 Å². The minimum atomic E-state index is -0.487. The zero-order valence-electron chi connectivity index (χ0n) is 9.53. The van der Waals surface area contributed by atoms with Gasteiger partial charge in [-0.2, -0.15) is 0 Å². The van der Waals surface area contributed by atoms with Crippen molar-refractivity contribution in [2.45, 2.75) is 39.3 Å². The van der Waals surface area contributed by atoms with Crippen molar-refractivity contribution in [3.63, 3.8) is 0 Å². The van der Waals surface area contributed by atoms with Crippen molar-refractivity contribution in [2.24, 2.45) is 11.7 Å². The van der Waals surface area contributed by atoms with Crippen LogP contribution in [0.1, 0.15) is 27.2 Å². The predicted molar refractivity (Wildman–Crippen MR) is 56.7 cm³/mol. The molecule has 0 heterocycles. The van der Waals surface area contributed by atoms with E-state index in [1.807, 2.05) is 13.8 Å². The van der Waals surface area contributed by atoms with Gasteiger partial charge in [-0.1, -0.05) is 13.8 Å². The van der Waals surface area contributed by atoms with Crippen molar-refractivity contribution < 1.29 is 9.90 Å². The van der Waals surface area contributed by atoms with Crippen LogP contribution in [0.4, 0.5) is 0 Å². The summed E-state index contributed by atoms with van der Waals surface area (Å²) >= 11 is 0. The molecule has 3 N–H and O–H groups in total.